The lowest BCUT2D eigenvalue weighted by Crippen LogP contribution is -2.32. The van der Waals surface area contributed by atoms with E-state index in [2.05, 4.69) is 11.0 Å². The second kappa shape index (κ2) is 9.88. The van der Waals surface area contributed by atoms with Gasteiger partial charge in [0, 0.05) is 6.54 Å². The summed E-state index contributed by atoms with van der Waals surface area (Å²) in [7, 11) is 0. The molecule has 0 aliphatic carbocycles. The molecule has 0 aliphatic heterocycles. The van der Waals surface area contributed by atoms with Gasteiger partial charge in [0.25, 0.3) is 0 Å². The molecule has 0 aromatic heterocycles. The minimum atomic E-state index is -0.570. The minimum absolute atomic E-state index is 0.148. The van der Waals surface area contributed by atoms with Crippen LogP contribution in [0.1, 0.15) is 26.2 Å². The highest BCUT2D eigenvalue weighted by Gasteiger charge is 1.99. The van der Waals surface area contributed by atoms with E-state index in [1.54, 1.807) is 0 Å². The molecule has 5 heteroatoms. The smallest absolute Gasteiger partial charge is 0.0770 e. The minimum Gasteiger partial charge on any atom is -0.394 e. The summed E-state index contributed by atoms with van der Waals surface area (Å²) in [5.74, 6) is 0. The fourth-order valence-electron chi connectivity index (χ4n) is 0.859. The molecule has 4 N–H and O–H groups in total. The molecule has 0 saturated heterocycles. The van der Waals surface area contributed by atoms with Gasteiger partial charge in [-0.25, -0.2) is 5.43 Å². The van der Waals surface area contributed by atoms with Crippen molar-refractivity contribution >= 4 is 0 Å². The molecule has 0 aliphatic rings. The molecule has 0 fully saturated rings. The number of rotatable bonds is 9. The van der Waals surface area contributed by atoms with Crippen molar-refractivity contribution < 1.29 is 15.1 Å². The zero-order chi connectivity index (χ0) is 9.94. The number of hydrogen-bond acceptors (Lipinski definition) is 5. The summed E-state index contributed by atoms with van der Waals surface area (Å²) >= 11 is 0. The van der Waals surface area contributed by atoms with Gasteiger partial charge >= 0.3 is 0 Å². The molecule has 13 heavy (non-hydrogen) atoms. The zero-order valence-corrected chi connectivity index (χ0v) is 8.12. The van der Waals surface area contributed by atoms with Crippen LogP contribution >= 0.6 is 0 Å². The van der Waals surface area contributed by atoms with E-state index in [1.807, 2.05) is 6.92 Å². The van der Waals surface area contributed by atoms with E-state index in [0.717, 1.165) is 19.4 Å². The maximum Gasteiger partial charge on any atom is 0.0770 e. The Kier molecular flexibility index (Phi) is 9.73. The third-order valence-electron chi connectivity index (χ3n) is 1.59. The quantitative estimate of drug-likeness (QED) is 0.294. The Morgan fingerprint density at radius 3 is 2.77 bits per heavy atom. The largest absolute Gasteiger partial charge is 0.394 e. The molecule has 0 amide bonds. The highest BCUT2D eigenvalue weighted by Crippen LogP contribution is 1.98. The van der Waals surface area contributed by atoms with Gasteiger partial charge in [0.2, 0.25) is 0 Å². The molecule has 0 spiro atoms. The van der Waals surface area contributed by atoms with Gasteiger partial charge < -0.3 is 10.2 Å². The first-order chi connectivity index (χ1) is 6.31. The number of aliphatic hydroxyl groups is 2. The van der Waals surface area contributed by atoms with E-state index in [9.17, 15) is 0 Å². The van der Waals surface area contributed by atoms with E-state index in [1.165, 1.54) is 0 Å². The normalized spacial score (nSPS) is 13.2. The van der Waals surface area contributed by atoms with Gasteiger partial charge in [-0.05, 0) is 26.2 Å². The maximum absolute atomic E-state index is 8.99. The first-order valence-corrected chi connectivity index (χ1v) is 4.69. The van der Waals surface area contributed by atoms with Crippen molar-refractivity contribution in [3.63, 3.8) is 0 Å². The lowest BCUT2D eigenvalue weighted by atomic mass is 10.1. The third-order valence-corrected chi connectivity index (χ3v) is 1.59. The van der Waals surface area contributed by atoms with Crippen molar-refractivity contribution in [2.75, 3.05) is 19.8 Å². The maximum atomic E-state index is 8.99. The van der Waals surface area contributed by atoms with Crippen LogP contribution in [-0.2, 0) is 4.84 Å². The summed E-state index contributed by atoms with van der Waals surface area (Å²) in [4.78, 5) is 4.83. The highest BCUT2D eigenvalue weighted by molar-refractivity contribution is 4.53. The van der Waals surface area contributed by atoms with Crippen molar-refractivity contribution in [3.8, 4) is 0 Å². The Morgan fingerprint density at radius 1 is 1.38 bits per heavy atom. The molecule has 0 aromatic carbocycles. The standard InChI is InChI=1S/C8H20N2O3/c1-2-13-10-9-6-4-3-5-8(12)7-11/h8-12H,2-7H2,1H3/t8-/m0/s1. The predicted octanol–water partition coefficient (Wildman–Crippen LogP) is -0.444. The molecule has 0 saturated carbocycles. The first kappa shape index (κ1) is 12.8. The number of aliphatic hydroxyl groups excluding tert-OH is 2. The van der Waals surface area contributed by atoms with Crippen LogP contribution in [0.15, 0.2) is 0 Å². The summed E-state index contributed by atoms with van der Waals surface area (Å²) in [6.07, 6.45) is 1.91. The third kappa shape index (κ3) is 9.72. The van der Waals surface area contributed by atoms with Crippen molar-refractivity contribution in [3.05, 3.63) is 0 Å². The van der Waals surface area contributed by atoms with Crippen molar-refractivity contribution in [2.24, 2.45) is 0 Å². The average molecular weight is 192 g/mol. The molecule has 5 nitrogen and oxygen atoms in total. The highest BCUT2D eigenvalue weighted by atomic mass is 16.7. The Balaban J connectivity index is 2.91. The molecule has 0 bridgehead atoms. The van der Waals surface area contributed by atoms with Crippen LogP contribution in [-0.4, -0.2) is 36.1 Å². The first-order valence-electron chi connectivity index (χ1n) is 4.69. The Labute approximate surface area is 79.0 Å². The Morgan fingerprint density at radius 2 is 2.15 bits per heavy atom. The lowest BCUT2D eigenvalue weighted by molar-refractivity contribution is 0.0189. The van der Waals surface area contributed by atoms with Gasteiger partial charge in [-0.3, -0.25) is 4.84 Å². The van der Waals surface area contributed by atoms with Crippen LogP contribution in [0.5, 0.6) is 0 Å². The summed E-state index contributed by atoms with van der Waals surface area (Å²) in [6, 6.07) is 0. The fourth-order valence-corrected chi connectivity index (χ4v) is 0.859. The Bertz CT molecular complexity index is 103. The second-order valence-corrected chi connectivity index (χ2v) is 2.79. The number of nitrogens with one attached hydrogen (secondary N) is 2. The zero-order valence-electron chi connectivity index (χ0n) is 8.12. The molecule has 0 radical (unpaired) electrons. The predicted molar refractivity (Wildman–Crippen MR) is 49.7 cm³/mol. The topological polar surface area (TPSA) is 73.8 Å². The summed E-state index contributed by atoms with van der Waals surface area (Å²) in [5.41, 5.74) is 5.44. The van der Waals surface area contributed by atoms with Gasteiger partial charge in [-0.15, -0.1) is 5.59 Å². The van der Waals surface area contributed by atoms with Crippen molar-refractivity contribution in [2.45, 2.75) is 32.3 Å². The van der Waals surface area contributed by atoms with E-state index >= 15 is 0 Å². The molecular weight excluding hydrogens is 172 g/mol. The van der Waals surface area contributed by atoms with Crippen LogP contribution in [0.25, 0.3) is 0 Å². The molecular formula is C8H20N2O3. The number of hydrazine groups is 1. The molecule has 0 heterocycles. The van der Waals surface area contributed by atoms with E-state index in [4.69, 9.17) is 15.1 Å². The molecule has 0 rings (SSSR count). The summed E-state index contributed by atoms with van der Waals surface area (Å²) in [6.45, 7) is 3.16. The van der Waals surface area contributed by atoms with Crippen LogP contribution in [0.4, 0.5) is 0 Å². The fraction of sp³-hybridized carbons (Fsp3) is 1.00. The Hall–Kier alpha value is -0.200. The SMILES string of the molecule is CCONNCCCC[C@H](O)CO. The van der Waals surface area contributed by atoms with Gasteiger partial charge in [-0.1, -0.05) is 0 Å². The second-order valence-electron chi connectivity index (χ2n) is 2.79. The van der Waals surface area contributed by atoms with Crippen molar-refractivity contribution in [1.82, 2.24) is 11.0 Å². The van der Waals surface area contributed by atoms with E-state index < -0.39 is 6.10 Å². The molecule has 80 valence electrons. The van der Waals surface area contributed by atoms with E-state index in [-0.39, 0.29) is 6.61 Å². The lowest BCUT2D eigenvalue weighted by Gasteiger charge is -2.07. The van der Waals surface area contributed by atoms with Crippen molar-refractivity contribution in [1.29, 1.82) is 0 Å². The van der Waals surface area contributed by atoms with Gasteiger partial charge in [0.1, 0.15) is 0 Å². The van der Waals surface area contributed by atoms with Crippen LogP contribution in [0, 0.1) is 0 Å². The monoisotopic (exact) mass is 192 g/mol. The average Bonchev–Trinajstić information content (AvgIpc) is 2.16. The number of unbranched alkanes of at least 4 members (excludes halogenated alkanes) is 1. The summed E-state index contributed by atoms with van der Waals surface area (Å²) in [5, 5.41) is 17.5. The van der Waals surface area contributed by atoms with Crippen LogP contribution in [0.2, 0.25) is 0 Å². The van der Waals surface area contributed by atoms with Gasteiger partial charge in [0.15, 0.2) is 0 Å². The van der Waals surface area contributed by atoms with Gasteiger partial charge in [-0.2, -0.15) is 0 Å². The van der Waals surface area contributed by atoms with Crippen LogP contribution in [0.3, 0.4) is 0 Å². The van der Waals surface area contributed by atoms with Crippen LogP contribution < -0.4 is 11.0 Å². The molecule has 1 atom stereocenters. The molecule has 0 unspecified atom stereocenters. The number of hydrogen-bond donors (Lipinski definition) is 4. The van der Waals surface area contributed by atoms with E-state index in [0.29, 0.717) is 13.0 Å². The van der Waals surface area contributed by atoms with Gasteiger partial charge in [0.05, 0.1) is 19.3 Å². The summed E-state index contributed by atoms with van der Waals surface area (Å²) < 4.78 is 0. The molecule has 0 aromatic rings.